The number of allylic oxidation sites excluding steroid dienone is 1. The molecule has 6 aliphatic rings. The summed E-state index contributed by atoms with van der Waals surface area (Å²) in [5, 5.41) is 36.5. The van der Waals surface area contributed by atoms with Crippen molar-refractivity contribution >= 4 is 17.8 Å². The highest BCUT2D eigenvalue weighted by Gasteiger charge is 2.64. The molecule has 16 nitrogen and oxygen atoms in total. The van der Waals surface area contributed by atoms with Gasteiger partial charge in [-0.05, 0) is 103 Å². The average molecular weight is 961 g/mol. The Morgan fingerprint density at radius 3 is 2.21 bits per heavy atom. The molecule has 6 fully saturated rings. The van der Waals surface area contributed by atoms with Gasteiger partial charge in [-0.25, -0.2) is 4.79 Å². The van der Waals surface area contributed by atoms with Crippen molar-refractivity contribution in [3.8, 4) is 0 Å². The van der Waals surface area contributed by atoms with E-state index >= 15 is 0 Å². The van der Waals surface area contributed by atoms with Crippen molar-refractivity contribution < 1.29 is 61.8 Å². The zero-order valence-corrected chi connectivity index (χ0v) is 40.3. The third kappa shape index (κ3) is 14.6. The highest BCUT2D eigenvalue weighted by Crippen LogP contribution is 2.50. The molecule has 386 valence electrons. The predicted molar refractivity (Wildman–Crippen MR) is 244 cm³/mol. The van der Waals surface area contributed by atoms with E-state index in [1.54, 1.807) is 0 Å². The number of nitrogens with zero attached hydrogens (tertiary/aromatic N) is 2. The second-order valence-corrected chi connectivity index (χ2v) is 19.8. The van der Waals surface area contributed by atoms with Crippen molar-refractivity contribution in [3.05, 3.63) is 12.2 Å². The zero-order chi connectivity index (χ0) is 48.8. The molecular weight excluding hydrogens is 878 g/mol. The molecule has 6 saturated heterocycles. The standard InChI is InChI=1S/C46H82N6O8.C2HF3O2/c1-4-6-20-36-25-27-44(59-36)32-34-23-24-37-39(45(26-17-19-33(3)58-45)50-43(49-44)52(34)37)41(54)57-35(5-2)21-15-13-11-9-7-8-10-12-14-16-22-38-40(53)51(31-18-29-47)42(55)46(56,60-38)28-30-48;3-2(4,5)1(6)7/h6,20,33-39,42-43,49-50,55-56H,4-5,7-19,21-32,47-48H2,1-3H3;(H,6,7)/b20-6+;/t33-,34+,35?,36+,37-,38-,39-,42-,43?,44+,45-,46+;/m0./s1. The largest absolute Gasteiger partial charge is 0.490 e. The fourth-order valence-electron chi connectivity index (χ4n) is 11.3. The van der Waals surface area contributed by atoms with Gasteiger partial charge in [-0.2, -0.15) is 13.2 Å². The van der Waals surface area contributed by atoms with E-state index in [-0.39, 0.29) is 73.7 Å². The number of aliphatic carboxylic acids is 1. The Morgan fingerprint density at radius 2 is 1.60 bits per heavy atom. The molecule has 1 amide bonds. The molecule has 6 aliphatic heterocycles. The molecule has 6 heterocycles. The number of amides is 1. The average Bonchev–Trinajstić information content (AvgIpc) is 3.88. The number of aliphatic hydroxyl groups excluding tert-OH is 1. The number of nitrogens with one attached hydrogen (secondary N) is 2. The summed E-state index contributed by atoms with van der Waals surface area (Å²) in [6, 6.07) is 0.428. The van der Waals surface area contributed by atoms with Crippen LogP contribution in [0.15, 0.2) is 12.2 Å². The number of alkyl halides is 3. The van der Waals surface area contributed by atoms with E-state index in [4.69, 9.17) is 40.3 Å². The zero-order valence-electron chi connectivity index (χ0n) is 40.3. The lowest BCUT2D eigenvalue weighted by Crippen LogP contribution is -2.81. The van der Waals surface area contributed by atoms with Crippen LogP contribution in [-0.2, 0) is 33.3 Å². The number of hydrogen-bond donors (Lipinski definition) is 7. The van der Waals surface area contributed by atoms with Crippen LogP contribution < -0.4 is 22.1 Å². The predicted octanol–water partition coefficient (Wildman–Crippen LogP) is 6.01. The molecule has 0 aromatic heterocycles. The number of carboxylic acid groups (broad SMARTS) is 1. The molecule has 12 atom stereocenters. The summed E-state index contributed by atoms with van der Waals surface area (Å²) >= 11 is 0. The summed E-state index contributed by atoms with van der Waals surface area (Å²) in [7, 11) is 0. The SMILES string of the molecule is CC/C=C/[C@@H]1CC[C@]2(C[C@H]3CC[C@H]4[C@@H](C(=O)OC(CC)CCCCCCCCCCCC[C@@H]5O[C@](O)(CCN)[C@H](O)N(CCCN)C5=O)[C@@]5(CCC[C@H](C)O5)NC(N2)N34)O1.O=C(O)C(F)(F)F. The van der Waals surface area contributed by atoms with Crippen molar-refractivity contribution in [2.45, 2.75) is 247 Å². The summed E-state index contributed by atoms with van der Waals surface area (Å²) in [6.45, 7) is 7.24. The van der Waals surface area contributed by atoms with Crippen molar-refractivity contribution in [1.82, 2.24) is 20.4 Å². The van der Waals surface area contributed by atoms with Gasteiger partial charge in [0.25, 0.3) is 5.91 Å². The Kier molecular flexibility index (Phi) is 21.2. The Balaban J connectivity index is 0.00000111. The van der Waals surface area contributed by atoms with Gasteiger partial charge < -0.3 is 50.6 Å². The van der Waals surface area contributed by atoms with E-state index in [1.807, 2.05) is 0 Å². The highest BCUT2D eigenvalue weighted by atomic mass is 19.4. The maximum atomic E-state index is 14.4. The minimum Gasteiger partial charge on any atom is -0.475 e. The summed E-state index contributed by atoms with van der Waals surface area (Å²) in [5.74, 6) is -5.37. The van der Waals surface area contributed by atoms with Gasteiger partial charge in [-0.1, -0.05) is 83.8 Å². The maximum absolute atomic E-state index is 14.4. The number of morpholine rings is 1. The van der Waals surface area contributed by atoms with Gasteiger partial charge >= 0.3 is 18.1 Å². The lowest BCUT2D eigenvalue weighted by atomic mass is 9.79. The number of esters is 1. The summed E-state index contributed by atoms with van der Waals surface area (Å²) in [5.41, 5.74) is 10.2. The van der Waals surface area contributed by atoms with Crippen LogP contribution in [0, 0.1) is 5.92 Å². The molecule has 0 aliphatic carbocycles. The smallest absolute Gasteiger partial charge is 0.475 e. The van der Waals surface area contributed by atoms with Gasteiger partial charge in [0, 0.05) is 31.5 Å². The number of aliphatic hydroxyl groups is 2. The first-order valence-electron chi connectivity index (χ1n) is 25.6. The molecular formula is C48H83F3N6O10. The lowest BCUT2D eigenvalue weighted by Gasteiger charge is -2.60. The van der Waals surface area contributed by atoms with Gasteiger partial charge in [0.05, 0.1) is 12.2 Å². The summed E-state index contributed by atoms with van der Waals surface area (Å²) in [4.78, 5) is 40.2. The summed E-state index contributed by atoms with van der Waals surface area (Å²) < 4.78 is 57.5. The molecule has 0 saturated carbocycles. The number of carbonyl (C=O) groups is 3. The van der Waals surface area contributed by atoms with E-state index < -0.39 is 36.0 Å². The lowest BCUT2D eigenvalue weighted by molar-refractivity contribution is -0.325. The number of nitrogens with two attached hydrogens (primary N) is 2. The number of carbonyl (C=O) groups excluding carboxylic acids is 2. The Labute approximate surface area is 395 Å². The van der Waals surface area contributed by atoms with E-state index in [9.17, 15) is 33.0 Å². The Morgan fingerprint density at radius 1 is 0.925 bits per heavy atom. The fourth-order valence-corrected chi connectivity index (χ4v) is 11.3. The van der Waals surface area contributed by atoms with Crippen LogP contribution in [0.2, 0.25) is 0 Å². The molecule has 0 aromatic carbocycles. The van der Waals surface area contributed by atoms with Crippen molar-refractivity contribution in [2.24, 2.45) is 17.4 Å². The molecule has 2 spiro atoms. The molecule has 6 rings (SSSR count). The third-order valence-electron chi connectivity index (χ3n) is 14.7. The maximum Gasteiger partial charge on any atom is 0.490 e. The van der Waals surface area contributed by atoms with Gasteiger partial charge in [-0.3, -0.25) is 25.1 Å². The van der Waals surface area contributed by atoms with Crippen LogP contribution >= 0.6 is 0 Å². The third-order valence-corrected chi connectivity index (χ3v) is 14.7. The molecule has 19 heteroatoms. The summed E-state index contributed by atoms with van der Waals surface area (Å²) in [6.07, 6.45) is 19.7. The first-order chi connectivity index (χ1) is 31.9. The first kappa shape index (κ1) is 55.5. The van der Waals surface area contributed by atoms with E-state index in [1.165, 1.54) is 30.6 Å². The number of halogens is 3. The molecule has 67 heavy (non-hydrogen) atoms. The second-order valence-electron chi connectivity index (χ2n) is 19.8. The van der Waals surface area contributed by atoms with Crippen molar-refractivity contribution in [1.29, 1.82) is 0 Å². The second kappa shape index (κ2) is 25.6. The molecule has 0 radical (unpaired) electrons. The topological polar surface area (TPSA) is 231 Å². The van der Waals surface area contributed by atoms with Crippen molar-refractivity contribution in [2.75, 3.05) is 19.6 Å². The van der Waals surface area contributed by atoms with Crippen LogP contribution in [-0.4, -0.2) is 135 Å². The number of hydrogen-bond acceptors (Lipinski definition) is 14. The van der Waals surface area contributed by atoms with E-state index in [0.717, 1.165) is 109 Å². The highest BCUT2D eigenvalue weighted by molar-refractivity contribution is 5.82. The van der Waals surface area contributed by atoms with Gasteiger partial charge in [0.15, 0.2) is 6.23 Å². The molecule has 0 aromatic rings. The van der Waals surface area contributed by atoms with Gasteiger partial charge in [0.2, 0.25) is 5.79 Å². The van der Waals surface area contributed by atoms with Gasteiger partial charge in [-0.15, -0.1) is 0 Å². The van der Waals surface area contributed by atoms with Gasteiger partial charge in [0.1, 0.15) is 35.9 Å². The quantitative estimate of drug-likeness (QED) is 0.0353. The van der Waals surface area contributed by atoms with Crippen LogP contribution in [0.25, 0.3) is 0 Å². The number of carboxylic acids is 1. The normalized spacial score (nSPS) is 34.7. The van der Waals surface area contributed by atoms with Crippen LogP contribution in [0.3, 0.4) is 0 Å². The Bertz CT molecular complexity index is 1600. The first-order valence-corrected chi connectivity index (χ1v) is 25.6. The monoisotopic (exact) mass is 961 g/mol. The molecule has 0 bridgehead atoms. The molecule has 2 unspecified atom stereocenters. The number of unbranched alkanes of at least 4 members (excludes halogenated alkanes) is 9. The number of rotatable bonds is 23. The fraction of sp³-hybridized carbons (Fsp3) is 0.896. The van der Waals surface area contributed by atoms with Crippen LogP contribution in [0.5, 0.6) is 0 Å². The van der Waals surface area contributed by atoms with E-state index in [2.05, 4.69) is 48.5 Å². The van der Waals surface area contributed by atoms with Crippen molar-refractivity contribution in [3.63, 3.8) is 0 Å². The number of ether oxygens (including phenoxy) is 4. The van der Waals surface area contributed by atoms with E-state index in [0.29, 0.717) is 25.4 Å². The van der Waals surface area contributed by atoms with Crippen LogP contribution in [0.4, 0.5) is 13.2 Å². The molecule has 9 N–H and O–H groups in total. The minimum absolute atomic E-state index is 0.0476. The van der Waals surface area contributed by atoms with Crippen LogP contribution in [0.1, 0.15) is 175 Å². The Hall–Kier alpha value is -2.46. The minimum atomic E-state index is -5.08.